The van der Waals surface area contributed by atoms with Gasteiger partial charge in [-0.1, -0.05) is 12.1 Å². The lowest BCUT2D eigenvalue weighted by atomic mass is 10.1. The third-order valence-corrected chi connectivity index (χ3v) is 2.97. The Morgan fingerprint density at radius 3 is 2.58 bits per heavy atom. The molecule has 0 heterocycles. The average molecular weight is 259 g/mol. The van der Waals surface area contributed by atoms with Gasteiger partial charge in [-0.05, 0) is 30.7 Å². The summed E-state index contributed by atoms with van der Waals surface area (Å²) in [5, 5.41) is 22.2. The Morgan fingerprint density at radius 1 is 1.16 bits per heavy atom. The number of phenols is 1. The van der Waals surface area contributed by atoms with E-state index in [2.05, 4.69) is 5.32 Å². The predicted octanol–water partition coefficient (Wildman–Crippen LogP) is 2.10. The van der Waals surface area contributed by atoms with Gasteiger partial charge in [-0.25, -0.2) is 0 Å². The maximum Gasteiger partial charge on any atom is 0.141 e. The smallest absolute Gasteiger partial charge is 0.141 e. The van der Waals surface area contributed by atoms with E-state index in [9.17, 15) is 10.2 Å². The molecule has 0 radical (unpaired) electrons. The molecule has 0 aliphatic rings. The number of phenolic OH excluding ortho intramolecular Hbond substituents is 1. The van der Waals surface area contributed by atoms with Gasteiger partial charge in [-0.2, -0.15) is 0 Å². The number of aromatic hydroxyl groups is 1. The van der Waals surface area contributed by atoms with Gasteiger partial charge in [-0.3, -0.25) is 0 Å². The fourth-order valence-corrected chi connectivity index (χ4v) is 1.88. The Balaban J connectivity index is 2.43. The molecule has 0 aliphatic heterocycles. The van der Waals surface area contributed by atoms with E-state index in [0.29, 0.717) is 28.3 Å². The Kier molecular flexibility index (Phi) is 3.48. The van der Waals surface area contributed by atoms with Crippen molar-refractivity contribution in [2.24, 2.45) is 0 Å². The third kappa shape index (κ3) is 2.56. The Bertz CT molecular complexity index is 612. The number of anilines is 4. The zero-order valence-corrected chi connectivity index (χ0v) is 10.6. The first kappa shape index (κ1) is 13.0. The molecule has 0 aromatic heterocycles. The Morgan fingerprint density at radius 2 is 1.89 bits per heavy atom. The first-order valence-corrected chi connectivity index (χ1v) is 5.87. The molecule has 7 N–H and O–H groups in total. The summed E-state index contributed by atoms with van der Waals surface area (Å²) in [4.78, 5) is 0. The van der Waals surface area contributed by atoms with Crippen LogP contribution in [-0.4, -0.2) is 10.2 Å². The fraction of sp³-hybridized carbons (Fsp3) is 0.143. The van der Waals surface area contributed by atoms with E-state index in [1.807, 2.05) is 19.1 Å². The van der Waals surface area contributed by atoms with Crippen molar-refractivity contribution in [1.29, 1.82) is 0 Å². The molecule has 0 amide bonds. The van der Waals surface area contributed by atoms with Gasteiger partial charge in [-0.15, -0.1) is 0 Å². The van der Waals surface area contributed by atoms with E-state index in [1.165, 1.54) is 0 Å². The molecule has 5 nitrogen and oxygen atoms in total. The van der Waals surface area contributed by atoms with Gasteiger partial charge >= 0.3 is 0 Å². The maximum absolute atomic E-state index is 9.96. The summed E-state index contributed by atoms with van der Waals surface area (Å²) in [5.41, 5.74) is 15.0. The van der Waals surface area contributed by atoms with Gasteiger partial charge in [0, 0.05) is 11.3 Å². The van der Waals surface area contributed by atoms with Gasteiger partial charge in [0.1, 0.15) is 5.75 Å². The van der Waals surface area contributed by atoms with Crippen molar-refractivity contribution in [3.63, 3.8) is 0 Å². The standard InChI is InChI=1S/C14H17N3O2/c1-8-3-2-4-11(14(8)19)17-12-6-10(15)5-9(7-18)13(12)16/h2-6,17-19H,7,15-16H2,1H3. The minimum atomic E-state index is -0.189. The van der Waals surface area contributed by atoms with Gasteiger partial charge in [0.05, 0.1) is 23.7 Å². The highest BCUT2D eigenvalue weighted by Gasteiger charge is 2.09. The number of hydrogen-bond donors (Lipinski definition) is 5. The number of nitrogen functional groups attached to an aromatic ring is 2. The molecule has 5 heteroatoms. The van der Waals surface area contributed by atoms with Gasteiger partial charge in [0.2, 0.25) is 0 Å². The van der Waals surface area contributed by atoms with Gasteiger partial charge in [0.15, 0.2) is 0 Å². The van der Waals surface area contributed by atoms with E-state index in [-0.39, 0.29) is 12.4 Å². The summed E-state index contributed by atoms with van der Waals surface area (Å²) in [6.07, 6.45) is 0. The largest absolute Gasteiger partial charge is 0.505 e. The lowest BCUT2D eigenvalue weighted by Gasteiger charge is -2.15. The minimum absolute atomic E-state index is 0.162. The zero-order chi connectivity index (χ0) is 14.0. The second kappa shape index (κ2) is 5.07. The number of nitrogens with one attached hydrogen (secondary N) is 1. The van der Waals surface area contributed by atoms with Crippen molar-refractivity contribution >= 4 is 22.7 Å². The SMILES string of the molecule is Cc1cccc(Nc2cc(N)cc(CO)c2N)c1O. The molecule has 2 rings (SSSR count). The first-order valence-electron chi connectivity index (χ1n) is 5.87. The van der Waals surface area contributed by atoms with Crippen LogP contribution in [0, 0.1) is 6.92 Å². The Hall–Kier alpha value is -2.40. The number of hydrogen-bond acceptors (Lipinski definition) is 5. The van der Waals surface area contributed by atoms with Crippen LogP contribution in [0.5, 0.6) is 5.75 Å². The minimum Gasteiger partial charge on any atom is -0.505 e. The molecule has 2 aromatic carbocycles. The quantitative estimate of drug-likeness (QED) is 0.429. The highest BCUT2D eigenvalue weighted by atomic mass is 16.3. The van der Waals surface area contributed by atoms with Gasteiger partial charge in [0.25, 0.3) is 0 Å². The lowest BCUT2D eigenvalue weighted by Crippen LogP contribution is -2.03. The molecule has 0 spiro atoms. The van der Waals surface area contributed by atoms with Crippen LogP contribution < -0.4 is 16.8 Å². The maximum atomic E-state index is 9.96. The van der Waals surface area contributed by atoms with Crippen molar-refractivity contribution in [1.82, 2.24) is 0 Å². The summed E-state index contributed by atoms with van der Waals surface area (Å²) in [6, 6.07) is 8.66. The summed E-state index contributed by atoms with van der Waals surface area (Å²) >= 11 is 0. The van der Waals surface area contributed by atoms with Crippen LogP contribution >= 0.6 is 0 Å². The van der Waals surface area contributed by atoms with Crippen molar-refractivity contribution in [3.05, 3.63) is 41.5 Å². The number of nitrogens with two attached hydrogens (primary N) is 2. The van der Waals surface area contributed by atoms with Crippen molar-refractivity contribution < 1.29 is 10.2 Å². The van der Waals surface area contributed by atoms with Crippen molar-refractivity contribution in [3.8, 4) is 5.75 Å². The van der Waals surface area contributed by atoms with Crippen LogP contribution in [-0.2, 0) is 6.61 Å². The Labute approximate surface area is 111 Å². The molecule has 0 fully saturated rings. The molecular formula is C14H17N3O2. The molecule has 0 saturated carbocycles. The van der Waals surface area contributed by atoms with Crippen molar-refractivity contribution in [2.45, 2.75) is 13.5 Å². The monoisotopic (exact) mass is 259 g/mol. The predicted molar refractivity (Wildman–Crippen MR) is 77.3 cm³/mol. The van der Waals surface area contributed by atoms with Crippen LogP contribution in [0.15, 0.2) is 30.3 Å². The molecule has 2 aromatic rings. The van der Waals surface area contributed by atoms with Crippen LogP contribution in [0.1, 0.15) is 11.1 Å². The second-order valence-electron chi connectivity index (χ2n) is 4.40. The van der Waals surface area contributed by atoms with Crippen molar-refractivity contribution in [2.75, 3.05) is 16.8 Å². The number of rotatable bonds is 3. The molecular weight excluding hydrogens is 242 g/mol. The zero-order valence-electron chi connectivity index (χ0n) is 10.6. The summed E-state index contributed by atoms with van der Waals surface area (Å²) in [7, 11) is 0. The van der Waals surface area contributed by atoms with E-state index in [1.54, 1.807) is 18.2 Å². The van der Waals surface area contributed by atoms with Crippen LogP contribution in [0.2, 0.25) is 0 Å². The summed E-state index contributed by atoms with van der Waals surface area (Å²) < 4.78 is 0. The molecule has 0 aliphatic carbocycles. The van der Waals surface area contributed by atoms with Crippen LogP contribution in [0.3, 0.4) is 0 Å². The summed E-state index contributed by atoms with van der Waals surface area (Å²) in [5.74, 6) is 0.162. The van der Waals surface area contributed by atoms with E-state index in [0.717, 1.165) is 5.56 Å². The number of aliphatic hydroxyl groups excluding tert-OH is 1. The molecule has 0 saturated heterocycles. The van der Waals surface area contributed by atoms with Crippen LogP contribution in [0.4, 0.5) is 22.7 Å². The molecule has 0 unspecified atom stereocenters. The topological polar surface area (TPSA) is 105 Å². The number of benzene rings is 2. The fourth-order valence-electron chi connectivity index (χ4n) is 1.88. The summed E-state index contributed by atoms with van der Waals surface area (Å²) in [6.45, 7) is 1.62. The molecule has 0 atom stereocenters. The lowest BCUT2D eigenvalue weighted by molar-refractivity contribution is 0.282. The second-order valence-corrected chi connectivity index (χ2v) is 4.40. The van der Waals surface area contributed by atoms with Crippen LogP contribution in [0.25, 0.3) is 0 Å². The molecule has 19 heavy (non-hydrogen) atoms. The highest BCUT2D eigenvalue weighted by Crippen LogP contribution is 2.34. The average Bonchev–Trinajstić information content (AvgIpc) is 2.38. The first-order chi connectivity index (χ1) is 9.02. The van der Waals surface area contributed by atoms with E-state index < -0.39 is 0 Å². The van der Waals surface area contributed by atoms with E-state index >= 15 is 0 Å². The number of aliphatic hydroxyl groups is 1. The third-order valence-electron chi connectivity index (χ3n) is 2.97. The van der Waals surface area contributed by atoms with Gasteiger partial charge < -0.3 is 27.0 Å². The number of para-hydroxylation sites is 1. The highest BCUT2D eigenvalue weighted by molar-refractivity contribution is 5.80. The number of aryl methyl sites for hydroxylation is 1. The molecule has 100 valence electrons. The normalized spacial score (nSPS) is 10.4. The van der Waals surface area contributed by atoms with E-state index in [4.69, 9.17) is 11.5 Å². The molecule has 0 bridgehead atoms.